The molecule has 1 aliphatic heterocycles. The molecule has 0 unspecified atom stereocenters. The fourth-order valence-corrected chi connectivity index (χ4v) is 4.28. The van der Waals surface area contributed by atoms with Crippen molar-refractivity contribution in [3.63, 3.8) is 0 Å². The molecule has 1 atom stereocenters. The van der Waals surface area contributed by atoms with Gasteiger partial charge in [-0.3, -0.25) is 0 Å². The highest BCUT2D eigenvalue weighted by atomic mass is 32.2. The summed E-state index contributed by atoms with van der Waals surface area (Å²) in [6.07, 6.45) is -0.108. The minimum absolute atomic E-state index is 0.0419. The van der Waals surface area contributed by atoms with Gasteiger partial charge in [0.15, 0.2) is 0 Å². The molecule has 2 heterocycles. The summed E-state index contributed by atoms with van der Waals surface area (Å²) in [5, 5.41) is -0.717. The van der Waals surface area contributed by atoms with Gasteiger partial charge in [-0.2, -0.15) is 0 Å². The van der Waals surface area contributed by atoms with Crippen molar-refractivity contribution in [1.29, 1.82) is 0 Å². The molecule has 0 bridgehead atoms. The number of para-hydroxylation sites is 2. The summed E-state index contributed by atoms with van der Waals surface area (Å²) in [4.78, 5) is 20.6. The third-order valence-corrected chi connectivity index (χ3v) is 5.87. The van der Waals surface area contributed by atoms with Crippen LogP contribution in [0.15, 0.2) is 29.4 Å². The first-order valence-corrected chi connectivity index (χ1v) is 9.38. The maximum absolute atomic E-state index is 12.8. The molecule has 0 saturated carbocycles. The van der Waals surface area contributed by atoms with Crippen LogP contribution in [-0.2, 0) is 14.6 Å². The van der Waals surface area contributed by atoms with Crippen LogP contribution in [0.5, 0.6) is 0 Å². The van der Waals surface area contributed by atoms with Gasteiger partial charge in [-0.25, -0.2) is 18.2 Å². The minimum atomic E-state index is -3.63. The van der Waals surface area contributed by atoms with E-state index in [0.29, 0.717) is 24.0 Å². The molecular formula is C16H21N3O4S. The lowest BCUT2D eigenvalue weighted by molar-refractivity contribution is 0.0295. The predicted molar refractivity (Wildman–Crippen MR) is 89.5 cm³/mol. The zero-order valence-corrected chi connectivity index (χ0v) is 14.8. The van der Waals surface area contributed by atoms with Crippen LogP contribution in [0.1, 0.15) is 27.2 Å². The number of aromatic amines is 1. The highest BCUT2D eigenvalue weighted by Crippen LogP contribution is 2.25. The predicted octanol–water partition coefficient (Wildman–Crippen LogP) is 2.35. The number of nitrogens with zero attached hydrogens (tertiary/aromatic N) is 2. The number of ether oxygens (including phenoxy) is 1. The number of benzene rings is 1. The molecule has 8 heteroatoms. The molecule has 0 radical (unpaired) electrons. The second-order valence-corrected chi connectivity index (χ2v) is 9.08. The Bertz CT molecular complexity index is 834. The maximum Gasteiger partial charge on any atom is 0.410 e. The number of aromatic nitrogens is 2. The van der Waals surface area contributed by atoms with Gasteiger partial charge in [0.05, 0.1) is 16.3 Å². The molecule has 24 heavy (non-hydrogen) atoms. The van der Waals surface area contributed by atoms with Gasteiger partial charge in [0.25, 0.3) is 0 Å². The number of sulfone groups is 1. The molecule has 7 nitrogen and oxygen atoms in total. The highest BCUT2D eigenvalue weighted by Gasteiger charge is 2.39. The molecule has 130 valence electrons. The van der Waals surface area contributed by atoms with E-state index in [1.165, 1.54) is 4.90 Å². The normalized spacial score (nSPS) is 19.0. The van der Waals surface area contributed by atoms with Gasteiger partial charge in [-0.1, -0.05) is 12.1 Å². The number of carbonyl (C=O) groups excluding carboxylic acids is 1. The fourth-order valence-electron chi connectivity index (χ4n) is 2.70. The van der Waals surface area contributed by atoms with E-state index >= 15 is 0 Å². The van der Waals surface area contributed by atoms with E-state index in [4.69, 9.17) is 4.74 Å². The van der Waals surface area contributed by atoms with Crippen molar-refractivity contribution in [1.82, 2.24) is 14.9 Å². The Balaban J connectivity index is 1.78. The standard InChI is InChI=1S/C16H21N3O4S/c1-16(2,3)23-15(20)19-9-8-11(10-19)24(21,22)14-17-12-6-4-5-7-13(12)18-14/h4-7,11H,8-10H2,1-3H3,(H,17,18)/t11-/m0/s1. The molecule has 0 aliphatic carbocycles. The Morgan fingerprint density at radius 2 is 2.04 bits per heavy atom. The molecule has 1 fully saturated rings. The average Bonchev–Trinajstić information content (AvgIpc) is 3.13. The second kappa shape index (κ2) is 5.77. The van der Waals surface area contributed by atoms with Crippen molar-refractivity contribution in [2.24, 2.45) is 0 Å². The number of hydrogen-bond donors (Lipinski definition) is 1. The number of likely N-dealkylation sites (tertiary alicyclic amines) is 1. The Kier molecular flexibility index (Phi) is 4.03. The molecule has 1 aromatic carbocycles. The number of amides is 1. The number of imidazole rings is 1. The smallest absolute Gasteiger partial charge is 0.410 e. The monoisotopic (exact) mass is 351 g/mol. The van der Waals surface area contributed by atoms with Crippen LogP contribution in [0.25, 0.3) is 11.0 Å². The van der Waals surface area contributed by atoms with E-state index in [2.05, 4.69) is 9.97 Å². The van der Waals surface area contributed by atoms with Gasteiger partial charge in [-0.05, 0) is 39.3 Å². The lowest BCUT2D eigenvalue weighted by atomic mass is 10.2. The number of rotatable bonds is 2. The first kappa shape index (κ1) is 16.8. The number of hydrogen-bond acceptors (Lipinski definition) is 5. The molecule has 1 aromatic heterocycles. The molecule has 1 amide bonds. The van der Waals surface area contributed by atoms with E-state index in [1.54, 1.807) is 39.0 Å². The van der Waals surface area contributed by atoms with Crippen LogP contribution in [0.3, 0.4) is 0 Å². The second-order valence-electron chi connectivity index (χ2n) is 6.94. The summed E-state index contributed by atoms with van der Waals surface area (Å²) in [5.74, 6) is 0. The Morgan fingerprint density at radius 3 is 2.71 bits per heavy atom. The third kappa shape index (κ3) is 3.24. The quantitative estimate of drug-likeness (QED) is 0.896. The van der Waals surface area contributed by atoms with Crippen molar-refractivity contribution in [3.05, 3.63) is 24.3 Å². The Labute approximate surface area is 140 Å². The zero-order valence-electron chi connectivity index (χ0n) is 13.9. The van der Waals surface area contributed by atoms with Gasteiger partial charge in [-0.15, -0.1) is 0 Å². The largest absolute Gasteiger partial charge is 0.444 e. The molecular weight excluding hydrogens is 330 g/mol. The fraction of sp³-hybridized carbons (Fsp3) is 0.500. The van der Waals surface area contributed by atoms with Crippen LogP contribution in [0.4, 0.5) is 4.79 Å². The third-order valence-electron chi connectivity index (χ3n) is 3.87. The molecule has 3 rings (SSSR count). The molecule has 1 N–H and O–H groups in total. The van der Waals surface area contributed by atoms with E-state index < -0.39 is 26.8 Å². The van der Waals surface area contributed by atoms with Crippen LogP contribution in [0, 0.1) is 0 Å². The Morgan fingerprint density at radius 1 is 1.33 bits per heavy atom. The summed E-state index contributed by atoms with van der Waals surface area (Å²) < 4.78 is 30.9. The summed E-state index contributed by atoms with van der Waals surface area (Å²) in [5.41, 5.74) is 0.684. The summed E-state index contributed by atoms with van der Waals surface area (Å²) in [6.45, 7) is 5.82. The molecule has 0 spiro atoms. The van der Waals surface area contributed by atoms with E-state index in [0.717, 1.165) is 0 Å². The summed E-state index contributed by atoms with van der Waals surface area (Å²) in [6, 6.07) is 7.16. The maximum atomic E-state index is 12.8. The van der Waals surface area contributed by atoms with E-state index in [1.807, 2.05) is 6.07 Å². The average molecular weight is 351 g/mol. The molecule has 1 aliphatic rings. The Hall–Kier alpha value is -2.09. The number of carbonyl (C=O) groups is 1. The van der Waals surface area contributed by atoms with Crippen molar-refractivity contribution >= 4 is 27.0 Å². The molecule has 1 saturated heterocycles. The van der Waals surface area contributed by atoms with Crippen molar-refractivity contribution in [3.8, 4) is 0 Å². The van der Waals surface area contributed by atoms with Crippen LogP contribution in [0.2, 0.25) is 0 Å². The van der Waals surface area contributed by atoms with E-state index in [9.17, 15) is 13.2 Å². The van der Waals surface area contributed by atoms with Gasteiger partial charge in [0.1, 0.15) is 5.60 Å². The summed E-state index contributed by atoms with van der Waals surface area (Å²) >= 11 is 0. The van der Waals surface area contributed by atoms with Gasteiger partial charge < -0.3 is 14.6 Å². The lowest BCUT2D eigenvalue weighted by Crippen LogP contribution is -2.36. The topological polar surface area (TPSA) is 92.4 Å². The van der Waals surface area contributed by atoms with Crippen LogP contribution in [-0.4, -0.2) is 53.3 Å². The van der Waals surface area contributed by atoms with Crippen LogP contribution < -0.4 is 0 Å². The van der Waals surface area contributed by atoms with Crippen LogP contribution >= 0.6 is 0 Å². The van der Waals surface area contributed by atoms with Crippen molar-refractivity contribution in [2.45, 2.75) is 43.2 Å². The minimum Gasteiger partial charge on any atom is -0.444 e. The van der Waals surface area contributed by atoms with Gasteiger partial charge >= 0.3 is 6.09 Å². The SMILES string of the molecule is CC(C)(C)OC(=O)N1CC[C@H](S(=O)(=O)c2nc3ccccc3[nH]2)C1. The number of fused-ring (bicyclic) bond motifs is 1. The number of H-pyrrole nitrogens is 1. The first-order chi connectivity index (χ1) is 11.2. The highest BCUT2D eigenvalue weighted by molar-refractivity contribution is 7.91. The van der Waals surface area contributed by atoms with Gasteiger partial charge in [0.2, 0.25) is 15.0 Å². The first-order valence-electron chi connectivity index (χ1n) is 7.83. The molecule has 2 aromatic rings. The summed E-state index contributed by atoms with van der Waals surface area (Å²) in [7, 11) is -3.63. The van der Waals surface area contributed by atoms with Crippen molar-refractivity contribution < 1.29 is 17.9 Å². The number of nitrogens with one attached hydrogen (secondary N) is 1. The zero-order chi connectivity index (χ0) is 17.5. The van der Waals surface area contributed by atoms with Gasteiger partial charge in [0, 0.05) is 13.1 Å². The lowest BCUT2D eigenvalue weighted by Gasteiger charge is -2.24. The van der Waals surface area contributed by atoms with Crippen molar-refractivity contribution in [2.75, 3.05) is 13.1 Å². The van der Waals surface area contributed by atoms with E-state index in [-0.39, 0.29) is 11.7 Å².